The van der Waals surface area contributed by atoms with Crippen LogP contribution in [0.3, 0.4) is 0 Å². The Balaban J connectivity index is 1.80. The molecule has 0 heterocycles. The second-order valence-corrected chi connectivity index (χ2v) is 4.39. The highest BCUT2D eigenvalue weighted by atomic mass is 16.3. The fraction of sp³-hybridized carbons (Fsp3) is 0.500. The molecule has 1 aliphatic rings. The van der Waals surface area contributed by atoms with Gasteiger partial charge in [0.05, 0.1) is 0 Å². The van der Waals surface area contributed by atoms with Gasteiger partial charge in [0.15, 0.2) is 0 Å². The van der Waals surface area contributed by atoms with E-state index in [4.69, 9.17) is 5.73 Å². The van der Waals surface area contributed by atoms with E-state index in [1.54, 1.807) is 6.07 Å². The van der Waals surface area contributed by atoms with Gasteiger partial charge in [0, 0.05) is 5.54 Å². The average Bonchev–Trinajstić information content (AvgIpc) is 2.84. The van der Waals surface area contributed by atoms with Crippen molar-refractivity contribution < 1.29 is 5.11 Å². The fourth-order valence-electron chi connectivity index (χ4n) is 1.77. The number of aryl methyl sites for hydroxylation is 1. The molecule has 0 bridgehead atoms. The van der Waals surface area contributed by atoms with E-state index in [2.05, 4.69) is 6.07 Å². The summed E-state index contributed by atoms with van der Waals surface area (Å²) < 4.78 is 0. The van der Waals surface area contributed by atoms with Crippen molar-refractivity contribution in [3.05, 3.63) is 29.8 Å². The van der Waals surface area contributed by atoms with Crippen LogP contribution in [0.25, 0.3) is 0 Å². The SMILES string of the molecule is NC1(CCCc2cccc(O)c2)CC1. The van der Waals surface area contributed by atoms with E-state index in [0.717, 1.165) is 19.3 Å². The molecule has 2 rings (SSSR count). The summed E-state index contributed by atoms with van der Waals surface area (Å²) in [5.74, 6) is 0.358. The molecule has 76 valence electrons. The molecule has 0 aliphatic heterocycles. The van der Waals surface area contributed by atoms with Gasteiger partial charge in [-0.2, -0.15) is 0 Å². The molecule has 14 heavy (non-hydrogen) atoms. The average molecular weight is 191 g/mol. The van der Waals surface area contributed by atoms with Crippen LogP contribution in [0.4, 0.5) is 0 Å². The summed E-state index contributed by atoms with van der Waals surface area (Å²) in [5, 5.41) is 9.26. The molecule has 0 saturated heterocycles. The van der Waals surface area contributed by atoms with Crippen molar-refractivity contribution in [2.75, 3.05) is 0 Å². The summed E-state index contributed by atoms with van der Waals surface area (Å²) in [7, 11) is 0. The third kappa shape index (κ3) is 2.48. The number of phenolic OH excluding ortho intramolecular Hbond substituents is 1. The second kappa shape index (κ2) is 3.62. The van der Waals surface area contributed by atoms with Crippen LogP contribution in [-0.2, 0) is 6.42 Å². The zero-order valence-electron chi connectivity index (χ0n) is 8.37. The maximum atomic E-state index is 9.26. The molecule has 0 radical (unpaired) electrons. The normalized spacial score (nSPS) is 18.1. The van der Waals surface area contributed by atoms with Gasteiger partial charge in [-0.15, -0.1) is 0 Å². The topological polar surface area (TPSA) is 46.2 Å². The highest BCUT2D eigenvalue weighted by Crippen LogP contribution is 2.36. The number of benzene rings is 1. The molecular weight excluding hydrogens is 174 g/mol. The third-order valence-corrected chi connectivity index (χ3v) is 2.94. The minimum Gasteiger partial charge on any atom is -0.508 e. The van der Waals surface area contributed by atoms with E-state index in [0.29, 0.717) is 5.75 Å². The van der Waals surface area contributed by atoms with E-state index in [-0.39, 0.29) is 5.54 Å². The van der Waals surface area contributed by atoms with Crippen LogP contribution in [0.2, 0.25) is 0 Å². The Morgan fingerprint density at radius 2 is 2.14 bits per heavy atom. The molecule has 0 atom stereocenters. The minimum atomic E-state index is 0.164. The Hall–Kier alpha value is -1.02. The molecule has 1 aromatic carbocycles. The first-order chi connectivity index (χ1) is 6.68. The van der Waals surface area contributed by atoms with Gasteiger partial charge >= 0.3 is 0 Å². The predicted molar refractivity (Wildman–Crippen MR) is 57.2 cm³/mol. The first kappa shape index (κ1) is 9.53. The van der Waals surface area contributed by atoms with Gasteiger partial charge in [-0.3, -0.25) is 0 Å². The first-order valence-corrected chi connectivity index (χ1v) is 5.25. The van der Waals surface area contributed by atoms with Crippen molar-refractivity contribution in [1.82, 2.24) is 0 Å². The van der Waals surface area contributed by atoms with E-state index >= 15 is 0 Å². The van der Waals surface area contributed by atoms with Gasteiger partial charge in [-0.1, -0.05) is 12.1 Å². The Kier molecular flexibility index (Phi) is 2.46. The van der Waals surface area contributed by atoms with Crippen LogP contribution >= 0.6 is 0 Å². The predicted octanol–water partition coefficient (Wildman–Crippen LogP) is 2.21. The van der Waals surface area contributed by atoms with Gasteiger partial charge in [0.25, 0.3) is 0 Å². The molecule has 3 N–H and O–H groups in total. The molecule has 1 fully saturated rings. The Morgan fingerprint density at radius 1 is 1.36 bits per heavy atom. The summed E-state index contributed by atoms with van der Waals surface area (Å²) in [6.45, 7) is 0. The molecule has 0 aromatic heterocycles. The van der Waals surface area contributed by atoms with Crippen LogP contribution in [0.5, 0.6) is 5.75 Å². The van der Waals surface area contributed by atoms with Gasteiger partial charge in [-0.05, 0) is 49.8 Å². The monoisotopic (exact) mass is 191 g/mol. The molecule has 1 aliphatic carbocycles. The molecule has 1 saturated carbocycles. The third-order valence-electron chi connectivity index (χ3n) is 2.94. The minimum absolute atomic E-state index is 0.164. The lowest BCUT2D eigenvalue weighted by molar-refractivity contribution is 0.474. The highest BCUT2D eigenvalue weighted by Gasteiger charge is 2.36. The largest absolute Gasteiger partial charge is 0.508 e. The van der Waals surface area contributed by atoms with Crippen LogP contribution < -0.4 is 5.73 Å². The van der Waals surface area contributed by atoms with E-state index in [1.807, 2.05) is 12.1 Å². The molecule has 2 heteroatoms. The lowest BCUT2D eigenvalue weighted by Gasteiger charge is -2.07. The van der Waals surface area contributed by atoms with Crippen molar-refractivity contribution in [3.8, 4) is 5.75 Å². The number of nitrogens with two attached hydrogens (primary N) is 1. The van der Waals surface area contributed by atoms with Crippen LogP contribution in [0, 0.1) is 0 Å². The zero-order valence-corrected chi connectivity index (χ0v) is 8.37. The maximum Gasteiger partial charge on any atom is 0.115 e. The first-order valence-electron chi connectivity index (χ1n) is 5.25. The highest BCUT2D eigenvalue weighted by molar-refractivity contribution is 5.27. The standard InChI is InChI=1S/C12H17NO/c13-12(7-8-12)6-2-4-10-3-1-5-11(14)9-10/h1,3,5,9,14H,2,4,6-8,13H2. The number of phenols is 1. The Labute approximate surface area is 84.7 Å². The lowest BCUT2D eigenvalue weighted by Crippen LogP contribution is -2.21. The van der Waals surface area contributed by atoms with E-state index in [1.165, 1.54) is 18.4 Å². The van der Waals surface area contributed by atoms with Crippen molar-refractivity contribution in [2.45, 2.75) is 37.6 Å². The summed E-state index contributed by atoms with van der Waals surface area (Å²) in [4.78, 5) is 0. The van der Waals surface area contributed by atoms with Crippen molar-refractivity contribution in [2.24, 2.45) is 5.73 Å². The van der Waals surface area contributed by atoms with Crippen LogP contribution in [-0.4, -0.2) is 10.6 Å². The zero-order chi connectivity index (χ0) is 10.0. The van der Waals surface area contributed by atoms with Gasteiger partial charge in [-0.25, -0.2) is 0 Å². The summed E-state index contributed by atoms with van der Waals surface area (Å²) in [5.41, 5.74) is 7.36. The van der Waals surface area contributed by atoms with Crippen LogP contribution in [0.15, 0.2) is 24.3 Å². The summed E-state index contributed by atoms with van der Waals surface area (Å²) >= 11 is 0. The Morgan fingerprint density at radius 3 is 2.79 bits per heavy atom. The lowest BCUT2D eigenvalue weighted by atomic mass is 10.0. The molecule has 1 aromatic rings. The molecular formula is C12H17NO. The molecule has 2 nitrogen and oxygen atoms in total. The maximum absolute atomic E-state index is 9.26. The summed E-state index contributed by atoms with van der Waals surface area (Å²) in [6.07, 6.45) is 5.63. The van der Waals surface area contributed by atoms with Gasteiger partial charge in [0.1, 0.15) is 5.75 Å². The number of rotatable bonds is 4. The molecule has 0 spiro atoms. The van der Waals surface area contributed by atoms with E-state index < -0.39 is 0 Å². The molecule has 0 amide bonds. The van der Waals surface area contributed by atoms with Crippen LogP contribution in [0.1, 0.15) is 31.2 Å². The number of hydrogen-bond donors (Lipinski definition) is 2. The quantitative estimate of drug-likeness (QED) is 0.766. The van der Waals surface area contributed by atoms with Gasteiger partial charge < -0.3 is 10.8 Å². The van der Waals surface area contributed by atoms with E-state index in [9.17, 15) is 5.11 Å². The number of aromatic hydroxyl groups is 1. The fourth-order valence-corrected chi connectivity index (χ4v) is 1.77. The van der Waals surface area contributed by atoms with Gasteiger partial charge in [0.2, 0.25) is 0 Å². The summed E-state index contributed by atoms with van der Waals surface area (Å²) in [6, 6.07) is 7.47. The molecule has 0 unspecified atom stereocenters. The van der Waals surface area contributed by atoms with Crippen molar-refractivity contribution in [3.63, 3.8) is 0 Å². The Bertz CT molecular complexity index is 318. The second-order valence-electron chi connectivity index (χ2n) is 4.39. The van der Waals surface area contributed by atoms with Crippen molar-refractivity contribution in [1.29, 1.82) is 0 Å². The number of hydrogen-bond acceptors (Lipinski definition) is 2. The van der Waals surface area contributed by atoms with Crippen molar-refractivity contribution >= 4 is 0 Å². The smallest absolute Gasteiger partial charge is 0.115 e.